The van der Waals surface area contributed by atoms with Gasteiger partial charge in [-0.3, -0.25) is 4.99 Å². The Balaban J connectivity index is 1.42. The molecule has 0 aromatic heterocycles. The maximum absolute atomic E-state index is 4.56. The highest BCUT2D eigenvalue weighted by Crippen LogP contribution is 2.35. The quantitative estimate of drug-likeness (QED) is 0.638. The summed E-state index contributed by atoms with van der Waals surface area (Å²) >= 11 is 0. The lowest BCUT2D eigenvalue weighted by Crippen LogP contribution is -2.44. The number of hydrogen-bond acceptors (Lipinski definition) is 2. The van der Waals surface area contributed by atoms with Crippen LogP contribution in [0.15, 0.2) is 4.99 Å². The van der Waals surface area contributed by atoms with Gasteiger partial charge in [-0.1, -0.05) is 26.2 Å². The molecule has 1 N–H and O–H groups in total. The van der Waals surface area contributed by atoms with Crippen molar-refractivity contribution in [2.75, 3.05) is 46.3 Å². The zero-order valence-electron chi connectivity index (χ0n) is 15.3. The zero-order valence-corrected chi connectivity index (χ0v) is 15.3. The number of nitrogens with one attached hydrogen (secondary N) is 1. The number of fused-ring (bicyclic) bond motifs is 1. The van der Waals surface area contributed by atoms with Gasteiger partial charge in [-0.15, -0.1) is 0 Å². The Kier molecular flexibility index (Phi) is 6.21. The average Bonchev–Trinajstić information content (AvgIpc) is 3.00. The Labute approximate surface area is 142 Å². The van der Waals surface area contributed by atoms with E-state index in [1.54, 1.807) is 0 Å². The molecule has 4 heteroatoms. The van der Waals surface area contributed by atoms with Gasteiger partial charge in [0.05, 0.1) is 0 Å². The minimum atomic E-state index is 0.690. The molecule has 132 valence electrons. The molecule has 0 aromatic rings. The van der Waals surface area contributed by atoms with E-state index in [-0.39, 0.29) is 0 Å². The molecule has 3 rings (SSSR count). The van der Waals surface area contributed by atoms with Gasteiger partial charge in [0.1, 0.15) is 0 Å². The number of piperidine rings is 1. The molecule has 0 spiro atoms. The smallest absolute Gasteiger partial charge is 0.193 e. The monoisotopic (exact) mass is 320 g/mol. The predicted molar refractivity (Wildman–Crippen MR) is 97.8 cm³/mol. The molecule has 3 atom stereocenters. The standard InChI is InChI=1S/C19H36N4/c1-16(13-22-10-6-3-7-11-22)12-21-19(20-2)23-14-17-8-4-5-9-18(17)15-23/h16-18H,3-15H2,1-2H3,(H,20,21). The number of guanidine groups is 1. The Bertz CT molecular complexity index is 375. The van der Waals surface area contributed by atoms with Crippen LogP contribution in [0.3, 0.4) is 0 Å². The van der Waals surface area contributed by atoms with Crippen molar-refractivity contribution in [3.8, 4) is 0 Å². The summed E-state index contributed by atoms with van der Waals surface area (Å²) in [6.45, 7) is 9.71. The molecule has 2 aliphatic heterocycles. The second kappa shape index (κ2) is 8.36. The van der Waals surface area contributed by atoms with Crippen molar-refractivity contribution in [1.82, 2.24) is 15.1 Å². The fraction of sp³-hybridized carbons (Fsp3) is 0.947. The molecule has 3 aliphatic rings. The van der Waals surface area contributed by atoms with Gasteiger partial charge >= 0.3 is 0 Å². The zero-order chi connectivity index (χ0) is 16.1. The summed E-state index contributed by atoms with van der Waals surface area (Å²) < 4.78 is 0. The van der Waals surface area contributed by atoms with Gasteiger partial charge in [-0.05, 0) is 56.5 Å². The van der Waals surface area contributed by atoms with E-state index in [1.165, 1.54) is 77.7 Å². The minimum absolute atomic E-state index is 0.690. The maximum Gasteiger partial charge on any atom is 0.193 e. The van der Waals surface area contributed by atoms with Crippen LogP contribution in [-0.4, -0.2) is 62.1 Å². The van der Waals surface area contributed by atoms with Crippen LogP contribution in [0.25, 0.3) is 0 Å². The van der Waals surface area contributed by atoms with Gasteiger partial charge in [-0.25, -0.2) is 0 Å². The first-order chi connectivity index (χ1) is 11.3. The van der Waals surface area contributed by atoms with Crippen molar-refractivity contribution in [3.63, 3.8) is 0 Å². The van der Waals surface area contributed by atoms with Gasteiger partial charge in [0, 0.05) is 33.2 Å². The summed E-state index contributed by atoms with van der Waals surface area (Å²) in [4.78, 5) is 9.73. The molecule has 2 saturated heterocycles. The fourth-order valence-electron chi connectivity index (χ4n) is 4.82. The highest BCUT2D eigenvalue weighted by Gasteiger charge is 2.35. The molecule has 2 heterocycles. The minimum Gasteiger partial charge on any atom is -0.356 e. The van der Waals surface area contributed by atoms with E-state index < -0.39 is 0 Å². The van der Waals surface area contributed by atoms with Crippen LogP contribution >= 0.6 is 0 Å². The topological polar surface area (TPSA) is 30.9 Å². The molecule has 3 fully saturated rings. The van der Waals surface area contributed by atoms with E-state index in [9.17, 15) is 0 Å². The first kappa shape index (κ1) is 17.1. The molecule has 0 amide bonds. The third kappa shape index (κ3) is 4.62. The Hall–Kier alpha value is -0.770. The molecular weight excluding hydrogens is 284 g/mol. The third-order valence-corrected chi connectivity index (χ3v) is 6.11. The summed E-state index contributed by atoms with van der Waals surface area (Å²) in [5.41, 5.74) is 0. The van der Waals surface area contributed by atoms with Crippen molar-refractivity contribution in [1.29, 1.82) is 0 Å². The lowest BCUT2D eigenvalue weighted by Gasteiger charge is -2.30. The average molecular weight is 321 g/mol. The molecule has 23 heavy (non-hydrogen) atoms. The highest BCUT2D eigenvalue weighted by atomic mass is 15.3. The van der Waals surface area contributed by atoms with Crippen molar-refractivity contribution in [2.45, 2.75) is 51.9 Å². The number of nitrogens with zero attached hydrogens (tertiary/aromatic N) is 3. The van der Waals surface area contributed by atoms with E-state index in [2.05, 4.69) is 27.0 Å². The number of hydrogen-bond donors (Lipinski definition) is 1. The predicted octanol–water partition coefficient (Wildman–Crippen LogP) is 2.81. The van der Waals surface area contributed by atoms with Crippen molar-refractivity contribution in [2.24, 2.45) is 22.7 Å². The second-order valence-corrected chi connectivity index (χ2v) is 8.10. The summed E-state index contributed by atoms with van der Waals surface area (Å²) in [6.07, 6.45) is 9.94. The molecule has 1 aliphatic carbocycles. The Morgan fingerprint density at radius 2 is 1.70 bits per heavy atom. The summed E-state index contributed by atoms with van der Waals surface area (Å²) in [5, 5.41) is 3.66. The summed E-state index contributed by atoms with van der Waals surface area (Å²) in [5.74, 6) is 3.68. The Morgan fingerprint density at radius 1 is 1.04 bits per heavy atom. The van der Waals surface area contributed by atoms with Crippen LogP contribution < -0.4 is 5.32 Å². The molecular formula is C19H36N4. The number of aliphatic imine (C=N–C) groups is 1. The lowest BCUT2D eigenvalue weighted by molar-refractivity contribution is 0.200. The SMILES string of the molecule is CN=C(NCC(C)CN1CCCCC1)N1CC2CCCCC2C1. The summed E-state index contributed by atoms with van der Waals surface area (Å²) in [6, 6.07) is 0. The first-order valence-electron chi connectivity index (χ1n) is 9.94. The highest BCUT2D eigenvalue weighted by molar-refractivity contribution is 5.80. The summed E-state index contributed by atoms with van der Waals surface area (Å²) in [7, 11) is 1.94. The number of likely N-dealkylation sites (tertiary alicyclic amines) is 2. The van der Waals surface area contributed by atoms with Crippen molar-refractivity contribution in [3.05, 3.63) is 0 Å². The number of rotatable bonds is 4. The van der Waals surface area contributed by atoms with Gasteiger partial charge in [-0.2, -0.15) is 0 Å². The van der Waals surface area contributed by atoms with Crippen molar-refractivity contribution < 1.29 is 0 Å². The maximum atomic E-state index is 4.56. The lowest BCUT2D eigenvalue weighted by atomic mass is 9.82. The first-order valence-corrected chi connectivity index (χ1v) is 9.94. The van der Waals surface area contributed by atoms with Crippen LogP contribution in [0.2, 0.25) is 0 Å². The van der Waals surface area contributed by atoms with Gasteiger partial charge in [0.15, 0.2) is 5.96 Å². The normalized spacial score (nSPS) is 31.0. The van der Waals surface area contributed by atoms with Crippen molar-refractivity contribution >= 4 is 5.96 Å². The fourth-order valence-corrected chi connectivity index (χ4v) is 4.82. The van der Waals surface area contributed by atoms with Crippen LogP contribution in [0, 0.1) is 17.8 Å². The largest absolute Gasteiger partial charge is 0.356 e. The third-order valence-electron chi connectivity index (χ3n) is 6.11. The van der Waals surface area contributed by atoms with Crippen LogP contribution in [0.1, 0.15) is 51.9 Å². The van der Waals surface area contributed by atoms with Gasteiger partial charge in [0.2, 0.25) is 0 Å². The Morgan fingerprint density at radius 3 is 2.30 bits per heavy atom. The van der Waals surface area contributed by atoms with E-state index >= 15 is 0 Å². The molecule has 1 saturated carbocycles. The van der Waals surface area contributed by atoms with E-state index in [1.807, 2.05) is 7.05 Å². The van der Waals surface area contributed by atoms with E-state index in [4.69, 9.17) is 0 Å². The molecule has 4 nitrogen and oxygen atoms in total. The van der Waals surface area contributed by atoms with Crippen LogP contribution in [-0.2, 0) is 0 Å². The second-order valence-electron chi connectivity index (χ2n) is 8.10. The molecule has 0 bridgehead atoms. The molecule has 0 aromatic carbocycles. The van der Waals surface area contributed by atoms with E-state index in [0.29, 0.717) is 5.92 Å². The van der Waals surface area contributed by atoms with Crippen LogP contribution in [0.5, 0.6) is 0 Å². The van der Waals surface area contributed by atoms with Crippen LogP contribution in [0.4, 0.5) is 0 Å². The molecule has 0 radical (unpaired) electrons. The molecule has 3 unspecified atom stereocenters. The van der Waals surface area contributed by atoms with E-state index in [0.717, 1.165) is 24.3 Å². The van der Waals surface area contributed by atoms with Gasteiger partial charge < -0.3 is 15.1 Å². The van der Waals surface area contributed by atoms with Gasteiger partial charge in [0.25, 0.3) is 0 Å².